The molecule has 3 aromatic rings. The molecule has 0 aliphatic rings. The van der Waals surface area contributed by atoms with Gasteiger partial charge in [-0.3, -0.25) is 4.98 Å². The van der Waals surface area contributed by atoms with E-state index in [-0.39, 0.29) is 12.6 Å². The molecule has 1 aromatic carbocycles. The molecule has 2 aromatic heterocycles. The molecule has 3 rings (SSSR count). The molecule has 160 valence electrons. The summed E-state index contributed by atoms with van der Waals surface area (Å²) in [7, 11) is 0. The summed E-state index contributed by atoms with van der Waals surface area (Å²) < 4.78 is 79.9. The molecule has 31 heavy (non-hydrogen) atoms. The largest absolute Gasteiger partial charge is 0.433 e. The maximum atomic E-state index is 13.3. The quantitative estimate of drug-likeness (QED) is 0.419. The van der Waals surface area contributed by atoms with Crippen LogP contribution in [0.3, 0.4) is 0 Å². The second kappa shape index (κ2) is 8.55. The van der Waals surface area contributed by atoms with Crippen molar-refractivity contribution in [1.82, 2.24) is 9.97 Å². The van der Waals surface area contributed by atoms with Crippen molar-refractivity contribution in [2.75, 3.05) is 5.32 Å². The number of nitrogens with one attached hydrogen (secondary N) is 1. The molecule has 1 N–H and O–H groups in total. The van der Waals surface area contributed by atoms with E-state index < -0.39 is 35.0 Å². The summed E-state index contributed by atoms with van der Waals surface area (Å²) in [6.45, 7) is -0.257. The van der Waals surface area contributed by atoms with Crippen LogP contribution in [-0.2, 0) is 18.9 Å². The van der Waals surface area contributed by atoms with Crippen LogP contribution in [0, 0.1) is 11.3 Å². The first-order chi connectivity index (χ1) is 14.5. The zero-order valence-corrected chi connectivity index (χ0v) is 16.9. The van der Waals surface area contributed by atoms with Gasteiger partial charge in [-0.1, -0.05) is 34.1 Å². The van der Waals surface area contributed by atoms with E-state index in [2.05, 4.69) is 31.2 Å². The average Bonchev–Trinajstić information content (AvgIpc) is 2.71. The molecule has 0 bridgehead atoms. The van der Waals surface area contributed by atoms with Gasteiger partial charge in [0.05, 0.1) is 17.8 Å². The van der Waals surface area contributed by atoms with E-state index in [1.165, 1.54) is 12.3 Å². The van der Waals surface area contributed by atoms with Crippen molar-refractivity contribution in [3.8, 4) is 17.2 Å². The van der Waals surface area contributed by atoms with E-state index in [1.54, 1.807) is 36.4 Å². The topological polar surface area (TPSA) is 61.6 Å². The Bertz CT molecular complexity index is 1130. The molecule has 0 aliphatic carbocycles. The fourth-order valence-corrected chi connectivity index (χ4v) is 3.06. The highest BCUT2D eigenvalue weighted by Gasteiger charge is 2.41. The molecular weight excluding hydrogens is 490 g/mol. The molecule has 0 spiro atoms. The number of halogens is 7. The van der Waals surface area contributed by atoms with Crippen LogP contribution >= 0.6 is 15.9 Å². The second-order valence-electron chi connectivity index (χ2n) is 6.24. The Hall–Kier alpha value is -3.13. The summed E-state index contributed by atoms with van der Waals surface area (Å²) in [4.78, 5) is 7.39. The first-order valence-electron chi connectivity index (χ1n) is 8.54. The van der Waals surface area contributed by atoms with Crippen LogP contribution in [0.25, 0.3) is 11.1 Å². The lowest BCUT2D eigenvalue weighted by atomic mass is 10.0. The first kappa shape index (κ1) is 22.6. The van der Waals surface area contributed by atoms with E-state index in [1.807, 2.05) is 0 Å². The summed E-state index contributed by atoms with van der Waals surface area (Å²) in [5, 5.41) is 11.6. The van der Waals surface area contributed by atoms with Crippen molar-refractivity contribution in [3.63, 3.8) is 0 Å². The van der Waals surface area contributed by atoms with Gasteiger partial charge in [0, 0.05) is 16.2 Å². The van der Waals surface area contributed by atoms with Crippen LogP contribution in [0.5, 0.6) is 0 Å². The van der Waals surface area contributed by atoms with Gasteiger partial charge in [-0.15, -0.1) is 0 Å². The molecule has 0 aliphatic heterocycles. The van der Waals surface area contributed by atoms with Gasteiger partial charge in [-0.05, 0) is 29.8 Å². The lowest BCUT2D eigenvalue weighted by Gasteiger charge is -2.17. The van der Waals surface area contributed by atoms with Crippen LogP contribution in [0.2, 0.25) is 0 Å². The Morgan fingerprint density at radius 3 is 2.26 bits per heavy atom. The monoisotopic (exact) mass is 500 g/mol. The van der Waals surface area contributed by atoms with E-state index in [0.29, 0.717) is 11.3 Å². The van der Waals surface area contributed by atoms with Crippen molar-refractivity contribution < 1.29 is 26.3 Å². The third kappa shape index (κ3) is 5.14. The molecule has 0 saturated heterocycles. The molecule has 0 amide bonds. The number of nitriles is 1. The summed E-state index contributed by atoms with van der Waals surface area (Å²) in [6, 6.07) is 11.6. The maximum absolute atomic E-state index is 13.3. The number of hydrogen-bond donors (Lipinski definition) is 1. The van der Waals surface area contributed by atoms with Gasteiger partial charge in [-0.25, -0.2) is 4.98 Å². The van der Waals surface area contributed by atoms with Crippen molar-refractivity contribution in [2.24, 2.45) is 0 Å². The van der Waals surface area contributed by atoms with Crippen LogP contribution < -0.4 is 5.32 Å². The summed E-state index contributed by atoms with van der Waals surface area (Å²) in [6.07, 6.45) is -8.86. The maximum Gasteiger partial charge on any atom is 0.433 e. The van der Waals surface area contributed by atoms with Crippen molar-refractivity contribution >= 4 is 21.7 Å². The summed E-state index contributed by atoms with van der Waals surface area (Å²) in [5.74, 6) is -0.822. The SMILES string of the molecule is N#Cc1c(C(F)(F)F)cc(C(F)(F)F)nc1NCc1ncccc1-c1ccc(Br)cc1. The van der Waals surface area contributed by atoms with Gasteiger partial charge >= 0.3 is 12.4 Å². The van der Waals surface area contributed by atoms with Gasteiger partial charge < -0.3 is 5.32 Å². The standard InChI is InChI=1S/C20H11BrF6N4/c21-12-5-3-11(4-6-12)13-2-1-7-29-16(13)10-30-18-14(9-28)15(19(22,23)24)8-17(31-18)20(25,26)27/h1-8H,10H2,(H,30,31). The molecular formula is C20H11BrF6N4. The number of hydrogen-bond acceptors (Lipinski definition) is 4. The number of benzene rings is 1. The highest BCUT2D eigenvalue weighted by molar-refractivity contribution is 9.10. The van der Waals surface area contributed by atoms with Gasteiger partial charge in [-0.2, -0.15) is 31.6 Å². The lowest BCUT2D eigenvalue weighted by Crippen LogP contribution is -2.18. The molecule has 11 heteroatoms. The average molecular weight is 501 g/mol. The van der Waals surface area contributed by atoms with Crippen molar-refractivity contribution in [3.05, 3.63) is 75.6 Å². The first-order valence-corrected chi connectivity index (χ1v) is 9.33. The van der Waals surface area contributed by atoms with E-state index in [0.717, 1.165) is 10.0 Å². The fraction of sp³-hybridized carbons (Fsp3) is 0.150. The normalized spacial score (nSPS) is 11.8. The zero-order chi connectivity index (χ0) is 22.8. The Morgan fingerprint density at radius 2 is 1.68 bits per heavy atom. The Balaban J connectivity index is 2.03. The highest BCUT2D eigenvalue weighted by atomic mass is 79.9. The predicted molar refractivity (Wildman–Crippen MR) is 104 cm³/mol. The minimum absolute atomic E-state index is 0.169. The lowest BCUT2D eigenvalue weighted by molar-refractivity contribution is -0.145. The molecule has 0 radical (unpaired) electrons. The van der Waals surface area contributed by atoms with Crippen molar-refractivity contribution in [2.45, 2.75) is 18.9 Å². The van der Waals surface area contributed by atoms with E-state index in [4.69, 9.17) is 0 Å². The van der Waals surface area contributed by atoms with Crippen LogP contribution in [0.4, 0.5) is 32.2 Å². The minimum Gasteiger partial charge on any atom is -0.363 e. The van der Waals surface area contributed by atoms with Crippen LogP contribution in [-0.4, -0.2) is 9.97 Å². The number of pyridine rings is 2. The summed E-state index contributed by atoms with van der Waals surface area (Å²) in [5.41, 5.74) is -2.79. The van der Waals surface area contributed by atoms with E-state index in [9.17, 15) is 31.6 Å². The molecule has 0 fully saturated rings. The van der Waals surface area contributed by atoms with Gasteiger partial charge in [0.2, 0.25) is 0 Å². The Labute approximate surface area is 180 Å². The molecule has 2 heterocycles. The zero-order valence-electron chi connectivity index (χ0n) is 15.3. The van der Waals surface area contributed by atoms with Gasteiger partial charge in [0.1, 0.15) is 23.1 Å². The Kier molecular flexibility index (Phi) is 6.22. The molecule has 0 unspecified atom stereocenters. The van der Waals surface area contributed by atoms with E-state index >= 15 is 0 Å². The highest BCUT2D eigenvalue weighted by Crippen LogP contribution is 2.38. The molecule has 4 nitrogen and oxygen atoms in total. The minimum atomic E-state index is -5.17. The van der Waals surface area contributed by atoms with Crippen LogP contribution in [0.1, 0.15) is 22.5 Å². The van der Waals surface area contributed by atoms with Crippen LogP contribution in [0.15, 0.2) is 53.1 Å². The fourth-order valence-electron chi connectivity index (χ4n) is 2.79. The van der Waals surface area contributed by atoms with Gasteiger partial charge in [0.25, 0.3) is 0 Å². The smallest absolute Gasteiger partial charge is 0.363 e. The number of nitrogens with zero attached hydrogens (tertiary/aromatic N) is 3. The van der Waals surface area contributed by atoms with Crippen molar-refractivity contribution in [1.29, 1.82) is 5.26 Å². The number of anilines is 1. The molecule has 0 saturated carbocycles. The second-order valence-corrected chi connectivity index (χ2v) is 7.16. The van der Waals surface area contributed by atoms with Gasteiger partial charge in [0.15, 0.2) is 0 Å². The third-order valence-corrected chi connectivity index (χ3v) is 4.72. The number of alkyl halides is 6. The number of rotatable bonds is 4. The third-order valence-electron chi connectivity index (χ3n) is 4.20. The number of aromatic nitrogens is 2. The predicted octanol–water partition coefficient (Wildman–Crippen LogP) is 6.43. The summed E-state index contributed by atoms with van der Waals surface area (Å²) >= 11 is 3.31. The molecule has 0 atom stereocenters. The Morgan fingerprint density at radius 1 is 1.00 bits per heavy atom.